The zero-order valence-electron chi connectivity index (χ0n) is 12.7. The van der Waals surface area contributed by atoms with Crippen LogP contribution in [0.25, 0.3) is 0 Å². The maximum atomic E-state index is 13.6. The van der Waals surface area contributed by atoms with Crippen LogP contribution in [0.5, 0.6) is 0 Å². The van der Waals surface area contributed by atoms with Gasteiger partial charge in [-0.2, -0.15) is 0 Å². The molecule has 1 atom stereocenters. The second kappa shape index (κ2) is 6.89. The molecule has 0 spiro atoms. The highest BCUT2D eigenvalue weighted by Crippen LogP contribution is 2.20. The summed E-state index contributed by atoms with van der Waals surface area (Å²) in [5.74, 6) is -0.993. The Balaban J connectivity index is 1.87. The van der Waals surface area contributed by atoms with Gasteiger partial charge >= 0.3 is 5.97 Å². The van der Waals surface area contributed by atoms with Crippen molar-refractivity contribution in [2.24, 2.45) is 0 Å². The zero-order chi connectivity index (χ0) is 15.4. The van der Waals surface area contributed by atoms with Gasteiger partial charge in [-0.15, -0.1) is 0 Å². The first kappa shape index (κ1) is 15.8. The van der Waals surface area contributed by atoms with E-state index < -0.39 is 11.8 Å². The molecule has 1 fully saturated rings. The number of esters is 1. The highest BCUT2D eigenvalue weighted by molar-refractivity contribution is 5.90. The lowest BCUT2D eigenvalue weighted by Gasteiger charge is -2.32. The number of carbonyl (C=O) groups is 1. The molecule has 1 saturated heterocycles. The lowest BCUT2D eigenvalue weighted by atomic mass is 10.0. The van der Waals surface area contributed by atoms with E-state index in [4.69, 9.17) is 10.5 Å². The molecule has 1 aliphatic rings. The minimum absolute atomic E-state index is 0.174. The van der Waals surface area contributed by atoms with Crippen LogP contribution in [0.4, 0.5) is 10.1 Å². The van der Waals surface area contributed by atoms with Crippen LogP contribution >= 0.6 is 0 Å². The van der Waals surface area contributed by atoms with Crippen molar-refractivity contribution in [3.8, 4) is 0 Å². The number of halogens is 1. The van der Waals surface area contributed by atoms with Crippen LogP contribution in [0.3, 0.4) is 0 Å². The first-order valence-corrected chi connectivity index (χ1v) is 7.42. The van der Waals surface area contributed by atoms with E-state index >= 15 is 0 Å². The Morgan fingerprint density at radius 2 is 2.24 bits per heavy atom. The number of nitrogens with zero attached hydrogens (tertiary/aromatic N) is 1. The number of nitrogen functional groups attached to an aromatic ring is 1. The van der Waals surface area contributed by atoms with Crippen LogP contribution in [0.15, 0.2) is 12.1 Å². The number of nitrogens with two attached hydrogens (primary N) is 1. The van der Waals surface area contributed by atoms with Gasteiger partial charge in [0.1, 0.15) is 5.82 Å². The summed E-state index contributed by atoms with van der Waals surface area (Å²) in [6.07, 6.45) is 4.41. The Bertz CT molecular complexity index is 496. The van der Waals surface area contributed by atoms with E-state index in [0.717, 1.165) is 19.4 Å². The molecule has 1 aromatic rings. The van der Waals surface area contributed by atoms with Crippen LogP contribution in [-0.4, -0.2) is 37.1 Å². The van der Waals surface area contributed by atoms with Crippen molar-refractivity contribution in [2.75, 3.05) is 25.9 Å². The van der Waals surface area contributed by atoms with Crippen LogP contribution in [0.2, 0.25) is 0 Å². The number of piperidine rings is 1. The molecule has 1 heterocycles. The number of anilines is 1. The summed E-state index contributed by atoms with van der Waals surface area (Å²) < 4.78 is 18.8. The lowest BCUT2D eigenvalue weighted by molar-refractivity contribution is 0.0449. The Hall–Kier alpha value is -1.62. The van der Waals surface area contributed by atoms with Gasteiger partial charge in [0.15, 0.2) is 0 Å². The Kier molecular flexibility index (Phi) is 5.17. The summed E-state index contributed by atoms with van der Waals surface area (Å²) >= 11 is 0. The number of rotatable bonds is 4. The fourth-order valence-corrected chi connectivity index (χ4v) is 2.70. The summed E-state index contributed by atoms with van der Waals surface area (Å²) in [5.41, 5.74) is 6.47. The topological polar surface area (TPSA) is 55.6 Å². The number of ether oxygens (including phenoxy) is 1. The number of benzene rings is 1. The number of carbonyl (C=O) groups excluding carboxylic acids is 1. The summed E-state index contributed by atoms with van der Waals surface area (Å²) in [4.78, 5) is 14.2. The Labute approximate surface area is 125 Å². The molecule has 0 aromatic heterocycles. The molecule has 0 saturated carbocycles. The van der Waals surface area contributed by atoms with E-state index in [1.54, 1.807) is 6.92 Å². The molecule has 4 nitrogen and oxygen atoms in total. The third kappa shape index (κ3) is 3.94. The van der Waals surface area contributed by atoms with E-state index in [-0.39, 0.29) is 11.3 Å². The third-order valence-corrected chi connectivity index (χ3v) is 4.23. The molecular formula is C16H23FN2O2. The zero-order valence-corrected chi connectivity index (χ0v) is 12.7. The quantitative estimate of drug-likeness (QED) is 0.685. The molecule has 2 rings (SSSR count). The Morgan fingerprint density at radius 1 is 1.48 bits per heavy atom. The summed E-state index contributed by atoms with van der Waals surface area (Å²) in [6, 6.07) is 3.11. The van der Waals surface area contributed by atoms with Gasteiger partial charge < -0.3 is 15.4 Å². The lowest BCUT2D eigenvalue weighted by Crippen LogP contribution is -2.37. The number of hydrogen-bond donors (Lipinski definition) is 1. The Morgan fingerprint density at radius 3 is 2.90 bits per heavy atom. The van der Waals surface area contributed by atoms with Gasteiger partial charge in [-0.25, -0.2) is 9.18 Å². The minimum atomic E-state index is -0.515. The van der Waals surface area contributed by atoms with Gasteiger partial charge in [0, 0.05) is 17.3 Å². The number of likely N-dealkylation sites (tertiary alicyclic amines) is 1. The predicted molar refractivity (Wildman–Crippen MR) is 80.7 cm³/mol. The van der Waals surface area contributed by atoms with Crippen LogP contribution in [-0.2, 0) is 4.74 Å². The molecule has 0 aliphatic carbocycles. The second-order valence-electron chi connectivity index (χ2n) is 5.73. The first-order valence-electron chi connectivity index (χ1n) is 7.42. The summed E-state index contributed by atoms with van der Waals surface area (Å²) in [5, 5.41) is 0. The van der Waals surface area contributed by atoms with Gasteiger partial charge in [-0.05, 0) is 51.9 Å². The standard InChI is InChI=1S/C16H23FN2O2/c1-11-14(17)9-12(10-15(11)18)16(20)21-8-6-13-5-3-4-7-19(13)2/h9-10,13H,3-8,18H2,1-2H3. The highest BCUT2D eigenvalue weighted by Gasteiger charge is 2.19. The second-order valence-corrected chi connectivity index (χ2v) is 5.73. The molecule has 1 unspecified atom stereocenters. The van der Waals surface area contributed by atoms with E-state index in [2.05, 4.69) is 11.9 Å². The van der Waals surface area contributed by atoms with Crippen LogP contribution < -0.4 is 5.73 Å². The molecule has 0 amide bonds. The molecule has 1 aliphatic heterocycles. The maximum Gasteiger partial charge on any atom is 0.338 e. The van der Waals surface area contributed by atoms with Crippen molar-refractivity contribution < 1.29 is 13.9 Å². The SMILES string of the molecule is Cc1c(N)cc(C(=O)OCCC2CCCCN2C)cc1F. The van der Waals surface area contributed by atoms with Crippen molar-refractivity contribution in [3.05, 3.63) is 29.1 Å². The molecule has 0 radical (unpaired) electrons. The van der Waals surface area contributed by atoms with E-state index in [1.807, 2.05) is 0 Å². The minimum Gasteiger partial charge on any atom is -0.462 e. The molecule has 2 N–H and O–H groups in total. The summed E-state index contributed by atoms with van der Waals surface area (Å²) in [7, 11) is 2.10. The fraction of sp³-hybridized carbons (Fsp3) is 0.562. The third-order valence-electron chi connectivity index (χ3n) is 4.23. The molecular weight excluding hydrogens is 271 g/mol. The molecule has 1 aromatic carbocycles. The van der Waals surface area contributed by atoms with Crippen LogP contribution in [0, 0.1) is 12.7 Å². The maximum absolute atomic E-state index is 13.6. The average molecular weight is 294 g/mol. The van der Waals surface area contributed by atoms with Gasteiger partial charge in [0.25, 0.3) is 0 Å². The van der Waals surface area contributed by atoms with Gasteiger partial charge in [0.05, 0.1) is 12.2 Å². The summed E-state index contributed by atoms with van der Waals surface area (Å²) in [6.45, 7) is 3.03. The number of hydrogen-bond acceptors (Lipinski definition) is 4. The molecule has 5 heteroatoms. The molecule has 21 heavy (non-hydrogen) atoms. The normalized spacial score (nSPS) is 19.5. The van der Waals surface area contributed by atoms with Crippen molar-refractivity contribution in [1.29, 1.82) is 0 Å². The smallest absolute Gasteiger partial charge is 0.338 e. The van der Waals surface area contributed by atoms with Gasteiger partial charge in [0.2, 0.25) is 0 Å². The van der Waals surface area contributed by atoms with Crippen LogP contribution in [0.1, 0.15) is 41.6 Å². The predicted octanol–water partition coefficient (Wildman–Crippen LogP) is 2.75. The average Bonchev–Trinajstić information content (AvgIpc) is 2.46. The van der Waals surface area contributed by atoms with E-state index in [9.17, 15) is 9.18 Å². The van der Waals surface area contributed by atoms with Crippen molar-refractivity contribution in [3.63, 3.8) is 0 Å². The van der Waals surface area contributed by atoms with E-state index in [1.165, 1.54) is 25.0 Å². The van der Waals surface area contributed by atoms with Crippen molar-refractivity contribution >= 4 is 11.7 Å². The largest absolute Gasteiger partial charge is 0.462 e. The van der Waals surface area contributed by atoms with Gasteiger partial charge in [-0.1, -0.05) is 6.42 Å². The van der Waals surface area contributed by atoms with Crippen molar-refractivity contribution in [2.45, 2.75) is 38.6 Å². The first-order chi connectivity index (χ1) is 9.99. The molecule has 0 bridgehead atoms. The van der Waals surface area contributed by atoms with E-state index in [0.29, 0.717) is 18.2 Å². The fourth-order valence-electron chi connectivity index (χ4n) is 2.70. The van der Waals surface area contributed by atoms with Gasteiger partial charge in [-0.3, -0.25) is 0 Å². The molecule has 116 valence electrons. The monoisotopic (exact) mass is 294 g/mol. The van der Waals surface area contributed by atoms with Crippen molar-refractivity contribution in [1.82, 2.24) is 4.90 Å². The highest BCUT2D eigenvalue weighted by atomic mass is 19.1.